The molecule has 0 saturated carbocycles. The van der Waals surface area contributed by atoms with Crippen LogP contribution in [0.1, 0.15) is 42.9 Å². The van der Waals surface area contributed by atoms with Gasteiger partial charge in [0.1, 0.15) is 18.2 Å². The standard InChI is InChI=1S/C23H27FN4O2/c1-3-13-27(14-4-2)22(29)16-28-20-12-8-7-11-19(20)26-21(28)15-25-23(30)17-9-5-6-10-18(17)24/h5-12H,3-4,13-16H2,1-2H3,(H,25,30). The van der Waals surface area contributed by atoms with Crippen LogP contribution in [0.2, 0.25) is 0 Å². The molecule has 3 rings (SSSR count). The highest BCUT2D eigenvalue weighted by molar-refractivity contribution is 5.94. The number of imidazole rings is 1. The van der Waals surface area contributed by atoms with Crippen LogP contribution in [0.4, 0.5) is 4.39 Å². The summed E-state index contributed by atoms with van der Waals surface area (Å²) in [5, 5.41) is 2.72. The van der Waals surface area contributed by atoms with Crippen molar-refractivity contribution in [1.29, 1.82) is 0 Å². The van der Waals surface area contributed by atoms with Crippen LogP contribution >= 0.6 is 0 Å². The number of aromatic nitrogens is 2. The molecule has 0 spiro atoms. The van der Waals surface area contributed by atoms with E-state index in [9.17, 15) is 14.0 Å². The second-order valence-corrected chi connectivity index (χ2v) is 7.15. The van der Waals surface area contributed by atoms with E-state index in [0.717, 1.165) is 23.9 Å². The van der Waals surface area contributed by atoms with Gasteiger partial charge in [0.25, 0.3) is 5.91 Å². The molecule has 1 aromatic heterocycles. The Morgan fingerprint density at radius 3 is 2.40 bits per heavy atom. The smallest absolute Gasteiger partial charge is 0.254 e. The Bertz CT molecular complexity index is 1020. The van der Waals surface area contributed by atoms with Crippen LogP contribution in [0, 0.1) is 5.82 Å². The third-order valence-corrected chi connectivity index (χ3v) is 4.89. The first kappa shape index (κ1) is 21.5. The third-order valence-electron chi connectivity index (χ3n) is 4.89. The van der Waals surface area contributed by atoms with Crippen molar-refractivity contribution in [2.75, 3.05) is 13.1 Å². The number of carbonyl (C=O) groups is 2. The Morgan fingerprint density at radius 2 is 1.70 bits per heavy atom. The van der Waals surface area contributed by atoms with Gasteiger partial charge in [-0.05, 0) is 37.1 Å². The second-order valence-electron chi connectivity index (χ2n) is 7.15. The van der Waals surface area contributed by atoms with Gasteiger partial charge in [-0.15, -0.1) is 0 Å². The first-order valence-electron chi connectivity index (χ1n) is 10.3. The number of halogens is 1. The molecule has 158 valence electrons. The highest BCUT2D eigenvalue weighted by Crippen LogP contribution is 2.17. The Morgan fingerprint density at radius 1 is 1.03 bits per heavy atom. The SMILES string of the molecule is CCCN(CCC)C(=O)Cn1c(CNC(=O)c2ccccc2F)nc2ccccc21. The van der Waals surface area contributed by atoms with Crippen molar-refractivity contribution in [1.82, 2.24) is 19.8 Å². The summed E-state index contributed by atoms with van der Waals surface area (Å²) >= 11 is 0. The summed E-state index contributed by atoms with van der Waals surface area (Å²) < 4.78 is 15.7. The quantitative estimate of drug-likeness (QED) is 0.584. The van der Waals surface area contributed by atoms with Gasteiger partial charge in [0.15, 0.2) is 0 Å². The van der Waals surface area contributed by atoms with Crippen molar-refractivity contribution >= 4 is 22.8 Å². The second kappa shape index (κ2) is 10.0. The molecule has 0 radical (unpaired) electrons. The molecule has 0 aliphatic heterocycles. The minimum absolute atomic E-state index is 0.0172. The monoisotopic (exact) mass is 410 g/mol. The molecule has 0 saturated heterocycles. The lowest BCUT2D eigenvalue weighted by molar-refractivity contribution is -0.131. The van der Waals surface area contributed by atoms with Gasteiger partial charge >= 0.3 is 0 Å². The number of fused-ring (bicyclic) bond motifs is 1. The van der Waals surface area contributed by atoms with E-state index in [4.69, 9.17) is 0 Å². The third kappa shape index (κ3) is 4.84. The lowest BCUT2D eigenvalue weighted by Crippen LogP contribution is -2.36. The maximum absolute atomic E-state index is 13.9. The number of nitrogens with zero attached hydrogens (tertiary/aromatic N) is 3. The summed E-state index contributed by atoms with van der Waals surface area (Å²) in [6.07, 6.45) is 1.78. The fourth-order valence-electron chi connectivity index (χ4n) is 3.47. The number of rotatable bonds is 9. The molecule has 3 aromatic rings. The van der Waals surface area contributed by atoms with Crippen molar-refractivity contribution in [2.24, 2.45) is 0 Å². The van der Waals surface area contributed by atoms with Gasteiger partial charge in [-0.1, -0.05) is 38.1 Å². The van der Waals surface area contributed by atoms with E-state index in [2.05, 4.69) is 10.3 Å². The Labute approximate surface area is 175 Å². The molecular weight excluding hydrogens is 383 g/mol. The average Bonchev–Trinajstić information content (AvgIpc) is 3.09. The van der Waals surface area contributed by atoms with E-state index < -0.39 is 11.7 Å². The predicted octanol–water partition coefficient (Wildman–Crippen LogP) is 3.75. The van der Waals surface area contributed by atoms with Gasteiger partial charge < -0.3 is 14.8 Å². The van der Waals surface area contributed by atoms with Crippen molar-refractivity contribution in [2.45, 2.75) is 39.8 Å². The molecular formula is C23H27FN4O2. The van der Waals surface area contributed by atoms with Crippen LogP contribution in [-0.2, 0) is 17.9 Å². The summed E-state index contributed by atoms with van der Waals surface area (Å²) in [5.74, 6) is -0.518. The van der Waals surface area contributed by atoms with Crippen molar-refractivity contribution in [3.05, 3.63) is 65.7 Å². The number of nitrogens with one attached hydrogen (secondary N) is 1. The van der Waals surface area contributed by atoms with Crippen LogP contribution < -0.4 is 5.32 Å². The summed E-state index contributed by atoms with van der Waals surface area (Å²) in [7, 11) is 0. The van der Waals surface area contributed by atoms with Gasteiger partial charge in [-0.25, -0.2) is 9.37 Å². The molecule has 7 heteroatoms. The molecule has 0 atom stereocenters. The molecule has 2 amide bonds. The lowest BCUT2D eigenvalue weighted by Gasteiger charge is -2.22. The predicted molar refractivity (Wildman–Crippen MR) is 114 cm³/mol. The van der Waals surface area contributed by atoms with Gasteiger partial charge in [0.2, 0.25) is 5.91 Å². The van der Waals surface area contributed by atoms with Crippen LogP contribution in [0.3, 0.4) is 0 Å². The van der Waals surface area contributed by atoms with Crippen molar-refractivity contribution in [3.8, 4) is 0 Å². The molecule has 2 aromatic carbocycles. The maximum Gasteiger partial charge on any atom is 0.254 e. The molecule has 1 heterocycles. The van der Waals surface area contributed by atoms with Crippen molar-refractivity contribution < 1.29 is 14.0 Å². The number of benzene rings is 2. The number of hydrogen-bond acceptors (Lipinski definition) is 3. The number of amides is 2. The average molecular weight is 410 g/mol. The summed E-state index contributed by atoms with van der Waals surface area (Å²) in [4.78, 5) is 31.8. The molecule has 0 aliphatic rings. The topological polar surface area (TPSA) is 67.2 Å². The van der Waals surface area contributed by atoms with Gasteiger partial charge in [0.05, 0.1) is 23.1 Å². The summed E-state index contributed by atoms with van der Waals surface area (Å²) in [5.41, 5.74) is 1.56. The van der Waals surface area contributed by atoms with Gasteiger partial charge in [-0.3, -0.25) is 9.59 Å². The molecule has 0 unspecified atom stereocenters. The van der Waals surface area contributed by atoms with E-state index in [1.54, 1.807) is 6.07 Å². The Balaban J connectivity index is 1.83. The molecule has 1 N–H and O–H groups in total. The first-order chi connectivity index (χ1) is 14.5. The minimum atomic E-state index is -0.576. The largest absolute Gasteiger partial charge is 0.345 e. The molecule has 30 heavy (non-hydrogen) atoms. The maximum atomic E-state index is 13.9. The van der Waals surface area contributed by atoms with E-state index >= 15 is 0 Å². The van der Waals surface area contributed by atoms with E-state index in [1.165, 1.54) is 18.2 Å². The Kier molecular flexibility index (Phi) is 7.17. The van der Waals surface area contributed by atoms with Gasteiger partial charge in [-0.2, -0.15) is 0 Å². The number of para-hydroxylation sites is 2. The fourth-order valence-corrected chi connectivity index (χ4v) is 3.47. The van der Waals surface area contributed by atoms with Crippen LogP contribution in [0.25, 0.3) is 11.0 Å². The fraction of sp³-hybridized carbons (Fsp3) is 0.348. The van der Waals surface area contributed by atoms with Crippen LogP contribution in [-0.4, -0.2) is 39.4 Å². The minimum Gasteiger partial charge on any atom is -0.345 e. The van der Waals surface area contributed by atoms with E-state index in [0.29, 0.717) is 18.9 Å². The molecule has 0 bridgehead atoms. The first-order valence-corrected chi connectivity index (χ1v) is 10.3. The van der Waals surface area contributed by atoms with Crippen LogP contribution in [0.15, 0.2) is 48.5 Å². The lowest BCUT2D eigenvalue weighted by atomic mass is 10.2. The van der Waals surface area contributed by atoms with Gasteiger partial charge in [0, 0.05) is 13.1 Å². The normalized spacial score (nSPS) is 10.9. The summed E-state index contributed by atoms with van der Waals surface area (Å²) in [6, 6.07) is 13.4. The Hall–Kier alpha value is -3.22. The zero-order valence-corrected chi connectivity index (χ0v) is 17.4. The molecule has 6 nitrogen and oxygen atoms in total. The van der Waals surface area contributed by atoms with E-state index in [-0.39, 0.29) is 24.6 Å². The number of hydrogen-bond donors (Lipinski definition) is 1. The zero-order valence-electron chi connectivity index (χ0n) is 17.4. The summed E-state index contributed by atoms with van der Waals surface area (Å²) in [6.45, 7) is 5.75. The highest BCUT2D eigenvalue weighted by Gasteiger charge is 2.18. The zero-order chi connectivity index (χ0) is 21.5. The van der Waals surface area contributed by atoms with E-state index in [1.807, 2.05) is 47.6 Å². The van der Waals surface area contributed by atoms with Crippen LogP contribution in [0.5, 0.6) is 0 Å². The number of carbonyl (C=O) groups excluding carboxylic acids is 2. The molecule has 0 fully saturated rings. The molecule has 0 aliphatic carbocycles. The van der Waals surface area contributed by atoms with Crippen molar-refractivity contribution in [3.63, 3.8) is 0 Å². The highest BCUT2D eigenvalue weighted by atomic mass is 19.1.